The highest BCUT2D eigenvalue weighted by molar-refractivity contribution is 7.12. The molecule has 4 aromatic heterocycles. The zero-order chi connectivity index (χ0) is 51.3. The molecule has 0 bridgehead atoms. The van der Waals surface area contributed by atoms with E-state index in [9.17, 15) is 19.2 Å². The fourth-order valence-corrected chi connectivity index (χ4v) is 14.0. The Morgan fingerprint density at radius 3 is 2.30 bits per heavy atom. The summed E-state index contributed by atoms with van der Waals surface area (Å²) in [6.07, 6.45) is 9.14. The van der Waals surface area contributed by atoms with E-state index in [0.29, 0.717) is 71.6 Å². The first-order valence-electron chi connectivity index (χ1n) is 26.1. The number of hydrogen-bond donors (Lipinski definition) is 4. The molecule has 19 heteroatoms. The number of thiophene rings is 1. The van der Waals surface area contributed by atoms with Gasteiger partial charge in [0.1, 0.15) is 35.3 Å². The van der Waals surface area contributed by atoms with E-state index in [-0.39, 0.29) is 54.0 Å². The van der Waals surface area contributed by atoms with Gasteiger partial charge in [-0.2, -0.15) is 0 Å². The van der Waals surface area contributed by atoms with Crippen LogP contribution >= 0.6 is 11.3 Å². The Morgan fingerprint density at radius 2 is 1.57 bits per heavy atom. The number of aryl methyl sites for hydroxylation is 2. The van der Waals surface area contributed by atoms with E-state index >= 15 is 4.39 Å². The zero-order valence-electron chi connectivity index (χ0n) is 42.4. The molecular weight excluding hydrogens is 966 g/mol. The number of benzene rings is 2. The van der Waals surface area contributed by atoms with Gasteiger partial charge in [0.15, 0.2) is 0 Å². The first kappa shape index (κ1) is 48.2. The summed E-state index contributed by atoms with van der Waals surface area (Å²) in [5, 5.41) is 6.50. The van der Waals surface area contributed by atoms with Crippen LogP contribution in [-0.2, 0) is 36.6 Å². The minimum Gasteiger partial charge on any atom is -0.464 e. The Labute approximate surface area is 431 Å². The number of H-pyrrole nitrogens is 2. The highest BCUT2D eigenvalue weighted by Crippen LogP contribution is 2.54. The summed E-state index contributed by atoms with van der Waals surface area (Å²) >= 11 is 1.75. The van der Waals surface area contributed by atoms with Gasteiger partial charge in [-0.15, -0.1) is 11.3 Å². The van der Waals surface area contributed by atoms with Crippen molar-refractivity contribution in [3.8, 4) is 39.5 Å². The summed E-state index contributed by atoms with van der Waals surface area (Å²) in [5.74, 6) is 0.990. The normalized spacial score (nSPS) is 25.5. The monoisotopic (exact) mass is 1030 g/mol. The Morgan fingerprint density at radius 1 is 0.838 bits per heavy atom. The number of rotatable bonds is 11. The molecule has 17 nitrogen and oxygen atoms in total. The predicted octanol–water partition coefficient (Wildman–Crippen LogP) is 9.35. The number of halogens is 1. The SMILES string of the molecule is COC(=O)N[C@H](C(=O)N1CCC[C@H]1c1ncc(-c2cc(F)c3c(c2)OC(c2cc4c(s2)CCC4)n2c-3cc3cc(-c4cnc([C@@H]5C[C@H]6C[C@H]6N5C(=O)[C@@H](NC(=O)OC)C5C[C@@H](C)O[C@@H](C)C5)[nH]4)ccc32)[nH]1)C(C)C. The summed E-state index contributed by atoms with van der Waals surface area (Å²) in [5.41, 5.74) is 6.09. The maximum absolute atomic E-state index is 17.0. The molecule has 12 rings (SSSR count). The first-order valence-corrected chi connectivity index (χ1v) is 26.9. The van der Waals surface area contributed by atoms with Gasteiger partial charge in [0.25, 0.3) is 0 Å². The lowest BCUT2D eigenvalue weighted by molar-refractivity contribution is -0.140. The summed E-state index contributed by atoms with van der Waals surface area (Å²) in [6.45, 7) is 8.28. The molecule has 4 amide bonds. The molecule has 3 saturated heterocycles. The van der Waals surface area contributed by atoms with Crippen molar-refractivity contribution in [2.24, 2.45) is 17.8 Å². The second-order valence-corrected chi connectivity index (χ2v) is 22.7. The number of nitrogens with one attached hydrogen (secondary N) is 4. The maximum Gasteiger partial charge on any atom is 0.407 e. The van der Waals surface area contributed by atoms with Gasteiger partial charge in [0, 0.05) is 34.0 Å². The summed E-state index contributed by atoms with van der Waals surface area (Å²) < 4.78 is 41.9. The number of aromatic amines is 2. The van der Waals surface area contributed by atoms with Crippen molar-refractivity contribution in [1.29, 1.82) is 0 Å². The van der Waals surface area contributed by atoms with E-state index in [4.69, 9.17) is 28.9 Å². The summed E-state index contributed by atoms with van der Waals surface area (Å²) in [6, 6.07) is 11.8. The number of imidazole rings is 2. The number of nitrogens with zero attached hydrogens (tertiary/aromatic N) is 5. The molecule has 4 aliphatic heterocycles. The number of methoxy groups -OCH3 is 2. The lowest BCUT2D eigenvalue weighted by atomic mass is 9.85. The van der Waals surface area contributed by atoms with Gasteiger partial charge in [0.05, 0.1) is 83.9 Å². The molecular formula is C55H62FN9O8S. The van der Waals surface area contributed by atoms with E-state index < -0.39 is 36.3 Å². The molecule has 4 N–H and O–H groups in total. The van der Waals surface area contributed by atoms with Gasteiger partial charge < -0.3 is 49.3 Å². The van der Waals surface area contributed by atoms with Crippen LogP contribution in [0.15, 0.2) is 54.9 Å². The van der Waals surface area contributed by atoms with Gasteiger partial charge in [0.2, 0.25) is 18.0 Å². The Kier molecular flexibility index (Phi) is 12.3. The molecule has 1 saturated carbocycles. The Balaban J connectivity index is 0.851. The molecule has 2 aliphatic carbocycles. The van der Waals surface area contributed by atoms with E-state index in [2.05, 4.69) is 43.4 Å². The Hall–Kier alpha value is -6.73. The van der Waals surface area contributed by atoms with E-state index in [0.717, 1.165) is 65.6 Å². The highest BCUT2D eigenvalue weighted by atomic mass is 32.1. The molecule has 0 spiro atoms. The maximum atomic E-state index is 17.0. The number of carbonyl (C=O) groups excluding carboxylic acids is 4. The van der Waals surface area contributed by atoms with Gasteiger partial charge in [-0.1, -0.05) is 19.9 Å². The largest absolute Gasteiger partial charge is 0.464 e. The number of ether oxygens (including phenoxy) is 4. The summed E-state index contributed by atoms with van der Waals surface area (Å²) in [7, 11) is 2.59. The number of carbonyl (C=O) groups is 4. The van der Waals surface area contributed by atoms with Gasteiger partial charge in [-0.05, 0) is 131 Å². The number of hydrogen-bond acceptors (Lipinski definition) is 11. The van der Waals surface area contributed by atoms with E-state index in [1.54, 1.807) is 22.4 Å². The number of piperidine rings is 1. The molecule has 2 aromatic carbocycles. The van der Waals surface area contributed by atoms with Crippen molar-refractivity contribution in [3.63, 3.8) is 0 Å². The number of likely N-dealkylation sites (tertiary alicyclic amines) is 2. The van der Waals surface area contributed by atoms with Crippen LogP contribution in [0.25, 0.3) is 44.7 Å². The number of amides is 4. The van der Waals surface area contributed by atoms with Crippen molar-refractivity contribution in [2.75, 3.05) is 20.8 Å². The average molecular weight is 1030 g/mol. The lowest BCUT2D eigenvalue weighted by Gasteiger charge is -2.38. The minimum absolute atomic E-state index is 0.0454. The van der Waals surface area contributed by atoms with Crippen LogP contribution in [0, 0.1) is 23.6 Å². The van der Waals surface area contributed by atoms with Crippen LogP contribution in [0.3, 0.4) is 0 Å². The van der Waals surface area contributed by atoms with Crippen LogP contribution < -0.4 is 15.4 Å². The second-order valence-electron chi connectivity index (χ2n) is 21.5. The molecule has 6 aromatic rings. The average Bonchev–Trinajstić information content (AvgIpc) is 4.18. The fourth-order valence-electron chi connectivity index (χ4n) is 12.7. The summed E-state index contributed by atoms with van der Waals surface area (Å²) in [4.78, 5) is 76.1. The molecule has 4 fully saturated rings. The van der Waals surface area contributed by atoms with Gasteiger partial charge in [-0.3, -0.25) is 14.2 Å². The fraction of sp³-hybridized carbons (Fsp3) is 0.491. The molecule has 10 atom stereocenters. The van der Waals surface area contributed by atoms with Crippen molar-refractivity contribution in [3.05, 3.63) is 87.6 Å². The van der Waals surface area contributed by atoms with Crippen LogP contribution in [0.5, 0.6) is 5.75 Å². The van der Waals surface area contributed by atoms with Crippen molar-refractivity contribution in [2.45, 2.75) is 134 Å². The third-order valence-corrected chi connectivity index (χ3v) is 17.6. The molecule has 0 radical (unpaired) electrons. The molecule has 6 aliphatic rings. The van der Waals surface area contributed by atoms with Crippen LogP contribution in [0.1, 0.15) is 118 Å². The number of alkyl carbamates (subject to hydrolysis) is 2. The van der Waals surface area contributed by atoms with E-state index in [1.807, 2.05) is 57.0 Å². The Bertz CT molecular complexity index is 3170. The quantitative estimate of drug-likeness (QED) is 0.0970. The number of aromatic nitrogens is 5. The molecule has 8 heterocycles. The predicted molar refractivity (Wildman–Crippen MR) is 274 cm³/mol. The van der Waals surface area contributed by atoms with Crippen LogP contribution in [0.2, 0.25) is 0 Å². The third kappa shape index (κ3) is 8.48. The first-order chi connectivity index (χ1) is 35.7. The van der Waals surface area contributed by atoms with Crippen molar-refractivity contribution >= 4 is 46.2 Å². The second kappa shape index (κ2) is 18.9. The molecule has 388 valence electrons. The number of fused-ring (bicyclic) bond motifs is 7. The van der Waals surface area contributed by atoms with Gasteiger partial charge >= 0.3 is 12.2 Å². The lowest BCUT2D eigenvalue weighted by Crippen LogP contribution is -2.55. The van der Waals surface area contributed by atoms with Gasteiger partial charge in [-0.25, -0.2) is 23.9 Å². The zero-order valence-corrected chi connectivity index (χ0v) is 43.2. The smallest absolute Gasteiger partial charge is 0.407 e. The molecule has 2 unspecified atom stereocenters. The topological polar surface area (TPSA) is 198 Å². The minimum atomic E-state index is -0.770. The molecule has 74 heavy (non-hydrogen) atoms. The highest BCUT2D eigenvalue weighted by Gasteiger charge is 2.57. The van der Waals surface area contributed by atoms with Crippen molar-refractivity contribution < 1.29 is 42.5 Å². The third-order valence-electron chi connectivity index (χ3n) is 16.3. The van der Waals surface area contributed by atoms with Crippen LogP contribution in [0.4, 0.5) is 14.0 Å². The standard InChI is InChI=1S/C55H62FN9O8S/c1-26(2)47(61-54(68)70-5)51(66)63-14-8-10-39(63)49-57-25-37(60-49)31-18-35(56)46-41-20-32-17-29(12-13-38(32)65(41)53(73-43(46)22-31)45-23-30-9-7-11-44(30)74-45)36-24-58-50(59-36)42-21-33-19-40(33)64(42)52(67)48(62-55(69)71-6)34-15-27(3)72-28(4)16-34/h12-13,17-18,20,22-28,33-34,39-40,42,47-48,53H,7-11,14-16,19,21H2,1-6H3,(H,57,60)(H,58,59)(H,61,68)(H,62,69)/t27-,28+,33-,34?,39+,40-,42+,47+,48+,53?/m1/s1. The van der Waals surface area contributed by atoms with Crippen LogP contribution in [-0.4, -0.2) is 109 Å². The van der Waals surface area contributed by atoms with Crippen molar-refractivity contribution in [1.82, 2.24) is 44.9 Å². The van der Waals surface area contributed by atoms with E-state index in [1.165, 1.54) is 30.7 Å².